The van der Waals surface area contributed by atoms with Crippen molar-refractivity contribution in [1.29, 1.82) is 0 Å². The molecule has 1 nitrogen and oxygen atoms in total. The van der Waals surface area contributed by atoms with Crippen molar-refractivity contribution < 1.29 is 0 Å². The lowest BCUT2D eigenvalue weighted by Crippen LogP contribution is -1.86. The highest BCUT2D eigenvalue weighted by molar-refractivity contribution is 5.27. The summed E-state index contributed by atoms with van der Waals surface area (Å²) < 4.78 is 0. The first kappa shape index (κ1) is 8.36. The third kappa shape index (κ3) is 1.46. The van der Waals surface area contributed by atoms with Crippen LogP contribution in [0, 0.1) is 0 Å². The van der Waals surface area contributed by atoms with Crippen LogP contribution < -0.4 is 0 Å². The molecule has 1 aliphatic heterocycles. The van der Waals surface area contributed by atoms with Gasteiger partial charge in [0.15, 0.2) is 0 Å². The van der Waals surface area contributed by atoms with Crippen LogP contribution in [0.25, 0.3) is 0 Å². The molecule has 1 heterocycles. The van der Waals surface area contributed by atoms with Gasteiger partial charge < -0.3 is 4.90 Å². The Balaban J connectivity index is 2.13. The van der Waals surface area contributed by atoms with Crippen molar-refractivity contribution in [3.8, 4) is 0 Å². The highest BCUT2D eigenvalue weighted by Crippen LogP contribution is 2.42. The fourth-order valence-corrected chi connectivity index (χ4v) is 1.87. The molecule has 0 radical (unpaired) electrons. The summed E-state index contributed by atoms with van der Waals surface area (Å²) in [6.45, 7) is 4.32. The normalized spacial score (nSPS) is 26.8. The van der Waals surface area contributed by atoms with Crippen LogP contribution in [0.1, 0.15) is 25.5 Å². The summed E-state index contributed by atoms with van der Waals surface area (Å²) in [7, 11) is 0. The molecule has 0 amide bonds. The van der Waals surface area contributed by atoms with E-state index in [-0.39, 0.29) is 0 Å². The van der Waals surface area contributed by atoms with E-state index in [0.29, 0.717) is 12.1 Å². The monoisotopic (exact) mass is 173 g/mol. The Morgan fingerprint density at radius 3 is 2.54 bits per heavy atom. The first-order valence-corrected chi connectivity index (χ1v) is 4.80. The maximum atomic E-state index is 2.37. The number of benzene rings is 1. The third-order valence-electron chi connectivity index (χ3n) is 2.62. The molecule has 68 valence electrons. The summed E-state index contributed by atoms with van der Waals surface area (Å²) in [6, 6.07) is 11.9. The number of nitrogens with zero attached hydrogens (tertiary/aromatic N) is 1. The van der Waals surface area contributed by atoms with Crippen molar-refractivity contribution in [1.82, 2.24) is 4.90 Å². The van der Waals surface area contributed by atoms with Crippen LogP contribution in [0.15, 0.2) is 42.6 Å². The van der Waals surface area contributed by atoms with Crippen LogP contribution in [0.4, 0.5) is 0 Å². The lowest BCUT2D eigenvalue weighted by Gasteiger charge is -1.97. The zero-order chi connectivity index (χ0) is 9.26. The molecule has 0 bridgehead atoms. The Morgan fingerprint density at radius 1 is 1.23 bits per heavy atom. The molecule has 0 aromatic heterocycles. The van der Waals surface area contributed by atoms with Gasteiger partial charge in [0.25, 0.3) is 0 Å². The largest absolute Gasteiger partial charge is 0.364 e. The maximum Gasteiger partial charge on any atom is 0.0741 e. The van der Waals surface area contributed by atoms with Crippen molar-refractivity contribution in [3.63, 3.8) is 0 Å². The van der Waals surface area contributed by atoms with Gasteiger partial charge in [0.05, 0.1) is 12.1 Å². The first-order valence-electron chi connectivity index (χ1n) is 4.80. The Morgan fingerprint density at radius 2 is 1.92 bits per heavy atom. The van der Waals surface area contributed by atoms with E-state index in [1.165, 1.54) is 5.56 Å². The second-order valence-corrected chi connectivity index (χ2v) is 3.53. The predicted octanol–water partition coefficient (Wildman–Crippen LogP) is 2.97. The van der Waals surface area contributed by atoms with Gasteiger partial charge in [0, 0.05) is 0 Å². The minimum Gasteiger partial charge on any atom is -0.364 e. The van der Waals surface area contributed by atoms with E-state index < -0.39 is 0 Å². The summed E-state index contributed by atoms with van der Waals surface area (Å²) >= 11 is 0. The Labute approximate surface area is 79.7 Å². The minimum absolute atomic E-state index is 0.609. The summed E-state index contributed by atoms with van der Waals surface area (Å²) in [6.07, 6.45) is 4.27. The molecule has 0 unspecified atom stereocenters. The number of rotatable bonds is 2. The van der Waals surface area contributed by atoms with E-state index in [0.717, 1.165) is 0 Å². The topological polar surface area (TPSA) is 3.01 Å². The molecule has 13 heavy (non-hydrogen) atoms. The van der Waals surface area contributed by atoms with E-state index in [2.05, 4.69) is 61.4 Å². The van der Waals surface area contributed by atoms with Crippen molar-refractivity contribution in [2.45, 2.75) is 25.9 Å². The quantitative estimate of drug-likeness (QED) is 0.621. The summed E-state index contributed by atoms with van der Waals surface area (Å²) in [5.41, 5.74) is 1.42. The van der Waals surface area contributed by atoms with Gasteiger partial charge in [0.2, 0.25) is 0 Å². The molecule has 0 aliphatic carbocycles. The summed E-state index contributed by atoms with van der Waals surface area (Å²) in [5.74, 6) is 0. The smallest absolute Gasteiger partial charge is 0.0741 e. The van der Waals surface area contributed by atoms with Gasteiger partial charge in [-0.15, -0.1) is 0 Å². The molecule has 1 aromatic carbocycles. The second kappa shape index (κ2) is 3.25. The van der Waals surface area contributed by atoms with Crippen molar-refractivity contribution in [2.75, 3.05) is 0 Å². The van der Waals surface area contributed by atoms with E-state index in [1.807, 2.05) is 0 Å². The molecular formula is C12H15N. The molecule has 1 aliphatic rings. The van der Waals surface area contributed by atoms with Crippen LogP contribution in [0.2, 0.25) is 0 Å². The van der Waals surface area contributed by atoms with Gasteiger partial charge in [-0.05, 0) is 25.6 Å². The van der Waals surface area contributed by atoms with Gasteiger partial charge in [-0.25, -0.2) is 0 Å². The molecule has 1 fully saturated rings. The number of hydrogen-bond acceptors (Lipinski definition) is 1. The fourth-order valence-electron chi connectivity index (χ4n) is 1.87. The third-order valence-corrected chi connectivity index (χ3v) is 2.62. The molecule has 0 spiro atoms. The van der Waals surface area contributed by atoms with Crippen LogP contribution in [0.3, 0.4) is 0 Å². The molecule has 0 saturated carbocycles. The Bertz CT molecular complexity index is 302. The van der Waals surface area contributed by atoms with Crippen molar-refractivity contribution >= 4 is 0 Å². The Hall–Kier alpha value is -1.24. The van der Waals surface area contributed by atoms with E-state index in [9.17, 15) is 0 Å². The van der Waals surface area contributed by atoms with Crippen LogP contribution in [0.5, 0.6) is 0 Å². The fraction of sp³-hybridized carbons (Fsp3) is 0.333. The lowest BCUT2D eigenvalue weighted by molar-refractivity contribution is 0.662. The van der Waals surface area contributed by atoms with Gasteiger partial charge in [-0.2, -0.15) is 0 Å². The lowest BCUT2D eigenvalue weighted by atomic mass is 10.1. The second-order valence-electron chi connectivity index (χ2n) is 3.53. The van der Waals surface area contributed by atoms with Gasteiger partial charge in [-0.1, -0.05) is 36.4 Å². The average molecular weight is 173 g/mol. The van der Waals surface area contributed by atoms with Crippen molar-refractivity contribution in [3.05, 3.63) is 48.2 Å². The van der Waals surface area contributed by atoms with Crippen molar-refractivity contribution in [2.24, 2.45) is 0 Å². The van der Waals surface area contributed by atoms with E-state index in [4.69, 9.17) is 0 Å². The SMILES string of the molecule is C/C=C/N1[C@H](C)[C@H]1c1ccccc1. The predicted molar refractivity (Wildman–Crippen MR) is 55.3 cm³/mol. The van der Waals surface area contributed by atoms with Crippen LogP contribution in [-0.2, 0) is 0 Å². The van der Waals surface area contributed by atoms with Crippen LogP contribution in [-0.4, -0.2) is 10.9 Å². The van der Waals surface area contributed by atoms with Gasteiger partial charge >= 0.3 is 0 Å². The van der Waals surface area contributed by atoms with Crippen LogP contribution >= 0.6 is 0 Å². The summed E-state index contributed by atoms with van der Waals surface area (Å²) in [4.78, 5) is 2.37. The average Bonchev–Trinajstić information content (AvgIpc) is 2.79. The number of allylic oxidation sites excluding steroid dienone is 1. The molecule has 1 saturated heterocycles. The highest BCUT2D eigenvalue weighted by atomic mass is 15.3. The minimum atomic E-state index is 0.609. The highest BCUT2D eigenvalue weighted by Gasteiger charge is 2.41. The molecular weight excluding hydrogens is 158 g/mol. The molecule has 2 rings (SSSR count). The zero-order valence-electron chi connectivity index (χ0n) is 8.14. The summed E-state index contributed by atoms with van der Waals surface area (Å²) in [5, 5.41) is 0. The zero-order valence-corrected chi connectivity index (χ0v) is 8.14. The Kier molecular flexibility index (Phi) is 2.09. The molecule has 1 aromatic rings. The molecule has 1 heteroatoms. The van der Waals surface area contributed by atoms with Gasteiger partial charge in [-0.3, -0.25) is 0 Å². The standard InChI is InChI=1S/C12H15N/c1-3-9-13-10(2)12(13)11-7-5-4-6-8-11/h3-10,12H,1-2H3/b9-3+/t10-,12+,13?/m1/s1. The first-order chi connectivity index (χ1) is 6.34. The maximum absolute atomic E-state index is 2.37. The molecule has 0 N–H and O–H groups in total. The van der Waals surface area contributed by atoms with E-state index in [1.54, 1.807) is 0 Å². The number of hydrogen-bond donors (Lipinski definition) is 0. The van der Waals surface area contributed by atoms with E-state index >= 15 is 0 Å². The molecule has 2 atom stereocenters. The van der Waals surface area contributed by atoms with Gasteiger partial charge in [0.1, 0.15) is 0 Å².